The van der Waals surface area contributed by atoms with Crippen LogP contribution in [-0.4, -0.2) is 49.1 Å². The summed E-state index contributed by atoms with van der Waals surface area (Å²) >= 11 is 0. The highest BCUT2D eigenvalue weighted by molar-refractivity contribution is 5.22. The molecule has 25 heavy (non-hydrogen) atoms. The van der Waals surface area contributed by atoms with Gasteiger partial charge < -0.3 is 14.0 Å². The van der Waals surface area contributed by atoms with Gasteiger partial charge >= 0.3 is 0 Å². The first-order valence-electron chi connectivity index (χ1n) is 8.99. The number of ether oxygens (including phenoxy) is 2. The Morgan fingerprint density at radius 1 is 1.20 bits per heavy atom. The molecule has 0 amide bonds. The van der Waals surface area contributed by atoms with Crippen LogP contribution in [0.5, 0.6) is 0 Å². The number of hydrogen-bond donors (Lipinski definition) is 0. The average Bonchev–Trinajstić information content (AvgIpc) is 3.14. The van der Waals surface area contributed by atoms with Gasteiger partial charge in [-0.3, -0.25) is 4.90 Å². The van der Waals surface area contributed by atoms with Crippen LogP contribution in [0, 0.1) is 13.8 Å². The predicted molar refractivity (Wildman–Crippen MR) is 96.6 cm³/mol. The number of benzene rings is 1. The lowest BCUT2D eigenvalue weighted by Crippen LogP contribution is -2.38. The second-order valence-electron chi connectivity index (χ2n) is 6.72. The van der Waals surface area contributed by atoms with Crippen LogP contribution in [0.25, 0.3) is 0 Å². The average molecular weight is 344 g/mol. The molecular formula is C20H28N2O3. The van der Waals surface area contributed by atoms with Crippen LogP contribution in [0.1, 0.15) is 29.0 Å². The molecule has 3 rings (SSSR count). The maximum Gasteiger partial charge on any atom is 0.138 e. The molecule has 0 saturated carbocycles. The summed E-state index contributed by atoms with van der Waals surface area (Å²) in [6, 6.07) is 11.0. The maximum absolute atomic E-state index is 6.13. The van der Waals surface area contributed by atoms with Gasteiger partial charge in [0.25, 0.3) is 0 Å². The molecule has 0 unspecified atom stereocenters. The second kappa shape index (κ2) is 8.61. The lowest BCUT2D eigenvalue weighted by Gasteiger charge is -2.28. The van der Waals surface area contributed by atoms with Gasteiger partial charge in [-0.15, -0.1) is 0 Å². The second-order valence-corrected chi connectivity index (χ2v) is 6.72. The number of likely N-dealkylation sites (tertiary alicyclic amines) is 1. The van der Waals surface area contributed by atoms with Gasteiger partial charge in [0, 0.05) is 31.8 Å². The summed E-state index contributed by atoms with van der Waals surface area (Å²) in [5.41, 5.74) is 3.54. The van der Waals surface area contributed by atoms with E-state index in [2.05, 4.69) is 40.4 Å². The third-order valence-corrected chi connectivity index (χ3v) is 5.05. The van der Waals surface area contributed by atoms with Crippen molar-refractivity contribution in [3.8, 4) is 0 Å². The van der Waals surface area contributed by atoms with Crippen molar-refractivity contribution >= 4 is 0 Å². The van der Waals surface area contributed by atoms with Gasteiger partial charge in [0.1, 0.15) is 5.76 Å². The summed E-state index contributed by atoms with van der Waals surface area (Å²) in [6.45, 7) is 7.18. The maximum atomic E-state index is 6.13. The number of aromatic nitrogens is 1. The minimum atomic E-state index is 0.232. The van der Waals surface area contributed by atoms with Crippen LogP contribution in [0.15, 0.2) is 34.9 Å². The highest BCUT2D eigenvalue weighted by Gasteiger charge is 2.35. The molecule has 0 N–H and O–H groups in total. The molecule has 0 spiro atoms. The van der Waals surface area contributed by atoms with Crippen LogP contribution in [0.2, 0.25) is 0 Å². The number of rotatable bonds is 8. The van der Waals surface area contributed by atoms with E-state index in [4.69, 9.17) is 14.0 Å². The normalized spacial score (nSPS) is 21.1. The van der Waals surface area contributed by atoms with Crippen LogP contribution >= 0.6 is 0 Å². The smallest absolute Gasteiger partial charge is 0.138 e. The molecule has 0 bridgehead atoms. The fraction of sp³-hybridized carbons (Fsp3) is 0.550. The summed E-state index contributed by atoms with van der Waals surface area (Å²) < 4.78 is 16.6. The fourth-order valence-corrected chi connectivity index (χ4v) is 3.61. The van der Waals surface area contributed by atoms with Crippen LogP contribution < -0.4 is 0 Å². The van der Waals surface area contributed by atoms with E-state index in [1.54, 1.807) is 7.11 Å². The summed E-state index contributed by atoms with van der Waals surface area (Å²) in [4.78, 5) is 2.51. The summed E-state index contributed by atoms with van der Waals surface area (Å²) in [6.07, 6.45) is 2.27. The minimum absolute atomic E-state index is 0.232. The molecule has 5 nitrogen and oxygen atoms in total. The van der Waals surface area contributed by atoms with E-state index in [9.17, 15) is 0 Å². The number of nitrogens with zero attached hydrogens (tertiary/aromatic N) is 2. The van der Waals surface area contributed by atoms with Crippen molar-refractivity contribution in [1.29, 1.82) is 0 Å². The van der Waals surface area contributed by atoms with Crippen molar-refractivity contribution in [3.63, 3.8) is 0 Å². The zero-order valence-electron chi connectivity index (χ0n) is 15.4. The first kappa shape index (κ1) is 18.1. The Kier molecular flexibility index (Phi) is 6.24. The Hall–Kier alpha value is -1.69. The number of methoxy groups -OCH3 is 1. The topological polar surface area (TPSA) is 47.7 Å². The fourth-order valence-electron chi connectivity index (χ4n) is 3.61. The van der Waals surface area contributed by atoms with Crippen molar-refractivity contribution in [2.24, 2.45) is 0 Å². The van der Waals surface area contributed by atoms with Crippen LogP contribution in [0.3, 0.4) is 0 Å². The molecule has 5 heteroatoms. The Morgan fingerprint density at radius 3 is 2.68 bits per heavy atom. The molecule has 1 fully saturated rings. The molecular weight excluding hydrogens is 316 g/mol. The van der Waals surface area contributed by atoms with Crippen molar-refractivity contribution in [2.75, 3.05) is 26.9 Å². The van der Waals surface area contributed by atoms with E-state index in [-0.39, 0.29) is 6.10 Å². The van der Waals surface area contributed by atoms with Gasteiger partial charge in [0.15, 0.2) is 0 Å². The van der Waals surface area contributed by atoms with E-state index in [1.807, 2.05) is 13.8 Å². The Bertz CT molecular complexity index is 637. The summed E-state index contributed by atoms with van der Waals surface area (Å²) in [7, 11) is 1.71. The van der Waals surface area contributed by atoms with Gasteiger partial charge in [-0.05, 0) is 32.3 Å². The zero-order chi connectivity index (χ0) is 17.6. The third-order valence-electron chi connectivity index (χ3n) is 5.05. The molecule has 0 radical (unpaired) electrons. The Balaban J connectivity index is 1.73. The largest absolute Gasteiger partial charge is 0.382 e. The molecule has 1 aromatic heterocycles. The molecule has 2 heterocycles. The molecule has 2 atom stereocenters. The molecule has 2 aromatic rings. The van der Waals surface area contributed by atoms with E-state index in [0.717, 1.165) is 37.4 Å². The predicted octanol–water partition coefficient (Wildman–Crippen LogP) is 3.14. The lowest BCUT2D eigenvalue weighted by molar-refractivity contribution is -0.00136. The lowest BCUT2D eigenvalue weighted by atomic mass is 10.0. The van der Waals surface area contributed by atoms with E-state index < -0.39 is 0 Å². The quantitative estimate of drug-likeness (QED) is 0.689. The Morgan fingerprint density at radius 2 is 2.00 bits per heavy atom. The molecule has 1 saturated heterocycles. The van der Waals surface area contributed by atoms with Crippen LogP contribution in [0.4, 0.5) is 0 Å². The molecule has 0 aliphatic carbocycles. The summed E-state index contributed by atoms with van der Waals surface area (Å²) in [5, 5.41) is 4.10. The zero-order valence-corrected chi connectivity index (χ0v) is 15.4. The number of aryl methyl sites for hydroxylation is 2. The van der Waals surface area contributed by atoms with Crippen molar-refractivity contribution in [3.05, 3.63) is 52.9 Å². The first-order valence-corrected chi connectivity index (χ1v) is 8.99. The van der Waals surface area contributed by atoms with Gasteiger partial charge in [0.2, 0.25) is 0 Å². The van der Waals surface area contributed by atoms with E-state index in [0.29, 0.717) is 19.3 Å². The van der Waals surface area contributed by atoms with Crippen molar-refractivity contribution in [2.45, 2.75) is 45.4 Å². The van der Waals surface area contributed by atoms with Gasteiger partial charge in [-0.1, -0.05) is 35.5 Å². The first-order chi connectivity index (χ1) is 12.2. The molecule has 1 aliphatic rings. The van der Waals surface area contributed by atoms with E-state index >= 15 is 0 Å². The molecule has 1 aliphatic heterocycles. The van der Waals surface area contributed by atoms with Gasteiger partial charge in [-0.2, -0.15) is 0 Å². The molecule has 1 aromatic carbocycles. The highest BCUT2D eigenvalue weighted by Crippen LogP contribution is 2.28. The monoisotopic (exact) mass is 344 g/mol. The van der Waals surface area contributed by atoms with Crippen molar-refractivity contribution < 1.29 is 14.0 Å². The van der Waals surface area contributed by atoms with E-state index in [1.165, 1.54) is 11.1 Å². The minimum Gasteiger partial charge on any atom is -0.382 e. The standard InChI is InChI=1S/C20H28N2O3/c1-15-18(16(2)25-21-15)14-22-10-9-20(24-12-11-23-3)19(22)13-17-7-5-4-6-8-17/h4-8,19-20H,9-14H2,1-3H3/t19-,20-/m1/s1. The van der Waals surface area contributed by atoms with Crippen molar-refractivity contribution in [1.82, 2.24) is 10.1 Å². The third kappa shape index (κ3) is 4.48. The SMILES string of the molecule is COCCO[C@@H]1CCN(Cc2c(C)noc2C)[C@@H]1Cc1ccccc1. The Labute approximate surface area is 149 Å². The highest BCUT2D eigenvalue weighted by atomic mass is 16.5. The number of hydrogen-bond acceptors (Lipinski definition) is 5. The van der Waals surface area contributed by atoms with Crippen LogP contribution in [-0.2, 0) is 22.4 Å². The molecule has 136 valence electrons. The van der Waals surface area contributed by atoms with Gasteiger partial charge in [0.05, 0.1) is 25.0 Å². The summed E-state index contributed by atoms with van der Waals surface area (Å²) in [5.74, 6) is 0.916. The van der Waals surface area contributed by atoms with Gasteiger partial charge in [-0.25, -0.2) is 0 Å².